The third-order valence-electron chi connectivity index (χ3n) is 3.17. The summed E-state index contributed by atoms with van der Waals surface area (Å²) in [4.78, 5) is 25.4. The molecule has 1 saturated heterocycles. The second-order valence-electron chi connectivity index (χ2n) is 4.35. The number of ketones is 1. The molecule has 90 valence electrons. The number of benzene rings is 1. The maximum absolute atomic E-state index is 12.0. The highest BCUT2D eigenvalue weighted by molar-refractivity contribution is 5.98. The third kappa shape index (κ3) is 2.54. The van der Waals surface area contributed by atoms with Crippen LogP contribution in [-0.2, 0) is 0 Å². The Kier molecular flexibility index (Phi) is 3.57. The van der Waals surface area contributed by atoms with E-state index in [4.69, 9.17) is 0 Å². The highest BCUT2D eigenvalue weighted by Crippen LogP contribution is 2.14. The molecule has 17 heavy (non-hydrogen) atoms. The van der Waals surface area contributed by atoms with Gasteiger partial charge in [-0.25, -0.2) is 0 Å². The van der Waals surface area contributed by atoms with E-state index in [9.17, 15) is 9.59 Å². The molecule has 1 heterocycles. The van der Waals surface area contributed by atoms with E-state index in [1.54, 1.807) is 24.3 Å². The summed E-state index contributed by atoms with van der Waals surface area (Å²) in [6, 6.07) is 7.00. The highest BCUT2D eigenvalue weighted by atomic mass is 16.2. The summed E-state index contributed by atoms with van der Waals surface area (Å²) in [6.07, 6.45) is 2.69. The molecule has 3 heteroatoms. The standard InChI is InChI=1S/C14H17NO2/c1-2-13(16)11-5-7-12(8-6-11)14(17)15-9-3-4-10-15/h5-8H,2-4,9-10H2,1H3. The lowest BCUT2D eigenvalue weighted by molar-refractivity contribution is 0.0792. The zero-order valence-electron chi connectivity index (χ0n) is 10.1. The molecule has 0 spiro atoms. The quantitative estimate of drug-likeness (QED) is 0.749. The first-order valence-electron chi connectivity index (χ1n) is 6.15. The number of carbonyl (C=O) groups is 2. The molecule has 1 aliphatic rings. The van der Waals surface area contributed by atoms with Crippen LogP contribution < -0.4 is 0 Å². The Bertz CT molecular complexity index is 416. The van der Waals surface area contributed by atoms with Crippen LogP contribution in [0.1, 0.15) is 46.9 Å². The maximum Gasteiger partial charge on any atom is 0.253 e. The minimum Gasteiger partial charge on any atom is -0.339 e. The average Bonchev–Trinajstić information content (AvgIpc) is 2.91. The molecule has 0 saturated carbocycles. The summed E-state index contributed by atoms with van der Waals surface area (Å²) in [7, 11) is 0. The SMILES string of the molecule is CCC(=O)c1ccc(C(=O)N2CCCC2)cc1. The first kappa shape index (κ1) is 11.8. The van der Waals surface area contributed by atoms with Crippen LogP contribution in [0.4, 0.5) is 0 Å². The first-order chi connectivity index (χ1) is 8.22. The van der Waals surface area contributed by atoms with Crippen molar-refractivity contribution in [2.24, 2.45) is 0 Å². The highest BCUT2D eigenvalue weighted by Gasteiger charge is 2.19. The van der Waals surface area contributed by atoms with Crippen molar-refractivity contribution >= 4 is 11.7 Å². The van der Waals surface area contributed by atoms with E-state index in [1.165, 1.54) is 0 Å². The molecule has 2 rings (SSSR count). The largest absolute Gasteiger partial charge is 0.339 e. The molecular formula is C14H17NO2. The van der Waals surface area contributed by atoms with Crippen LogP contribution in [0, 0.1) is 0 Å². The van der Waals surface area contributed by atoms with Crippen LogP contribution in [0.5, 0.6) is 0 Å². The fourth-order valence-corrected chi connectivity index (χ4v) is 2.11. The van der Waals surface area contributed by atoms with E-state index in [0.717, 1.165) is 25.9 Å². The van der Waals surface area contributed by atoms with Gasteiger partial charge in [0, 0.05) is 30.6 Å². The zero-order chi connectivity index (χ0) is 12.3. The number of carbonyl (C=O) groups excluding carboxylic acids is 2. The fraction of sp³-hybridized carbons (Fsp3) is 0.429. The van der Waals surface area contributed by atoms with Crippen molar-refractivity contribution in [1.29, 1.82) is 0 Å². The fourth-order valence-electron chi connectivity index (χ4n) is 2.11. The van der Waals surface area contributed by atoms with Crippen LogP contribution in [-0.4, -0.2) is 29.7 Å². The van der Waals surface area contributed by atoms with Crippen molar-refractivity contribution < 1.29 is 9.59 Å². The number of amides is 1. The van der Waals surface area contributed by atoms with E-state index in [1.807, 2.05) is 11.8 Å². The summed E-state index contributed by atoms with van der Waals surface area (Å²) in [5.41, 5.74) is 1.37. The summed E-state index contributed by atoms with van der Waals surface area (Å²) in [5, 5.41) is 0. The number of nitrogens with zero attached hydrogens (tertiary/aromatic N) is 1. The van der Waals surface area contributed by atoms with Crippen molar-refractivity contribution in [1.82, 2.24) is 4.90 Å². The minimum atomic E-state index is 0.0815. The lowest BCUT2D eigenvalue weighted by Gasteiger charge is -2.15. The zero-order valence-corrected chi connectivity index (χ0v) is 10.1. The van der Waals surface area contributed by atoms with Gasteiger partial charge in [0.15, 0.2) is 5.78 Å². The molecule has 1 amide bonds. The van der Waals surface area contributed by atoms with Crippen LogP contribution in [0.15, 0.2) is 24.3 Å². The van der Waals surface area contributed by atoms with Gasteiger partial charge in [0.2, 0.25) is 0 Å². The molecule has 0 atom stereocenters. The van der Waals surface area contributed by atoms with Crippen LogP contribution >= 0.6 is 0 Å². The monoisotopic (exact) mass is 231 g/mol. The van der Waals surface area contributed by atoms with Gasteiger partial charge in [-0.05, 0) is 25.0 Å². The van der Waals surface area contributed by atoms with Crippen molar-refractivity contribution in [2.75, 3.05) is 13.1 Å². The van der Waals surface area contributed by atoms with E-state index in [0.29, 0.717) is 17.5 Å². The first-order valence-corrected chi connectivity index (χ1v) is 6.15. The van der Waals surface area contributed by atoms with Crippen molar-refractivity contribution in [3.8, 4) is 0 Å². The Hall–Kier alpha value is -1.64. The Balaban J connectivity index is 2.11. The third-order valence-corrected chi connectivity index (χ3v) is 3.17. The lowest BCUT2D eigenvalue weighted by Crippen LogP contribution is -2.27. The van der Waals surface area contributed by atoms with E-state index >= 15 is 0 Å². The van der Waals surface area contributed by atoms with E-state index < -0.39 is 0 Å². The Morgan fingerprint density at radius 1 is 1.06 bits per heavy atom. The van der Waals surface area contributed by atoms with Gasteiger partial charge in [-0.2, -0.15) is 0 Å². The molecule has 0 aliphatic carbocycles. The lowest BCUT2D eigenvalue weighted by atomic mass is 10.1. The van der Waals surface area contributed by atoms with Gasteiger partial charge >= 0.3 is 0 Å². The average molecular weight is 231 g/mol. The number of rotatable bonds is 3. The Morgan fingerprint density at radius 3 is 2.12 bits per heavy atom. The normalized spacial score (nSPS) is 15.0. The number of likely N-dealkylation sites (tertiary alicyclic amines) is 1. The van der Waals surface area contributed by atoms with Crippen molar-refractivity contribution in [3.05, 3.63) is 35.4 Å². The molecular weight excluding hydrogens is 214 g/mol. The van der Waals surface area contributed by atoms with Gasteiger partial charge in [-0.3, -0.25) is 9.59 Å². The predicted octanol–water partition coefficient (Wildman–Crippen LogP) is 2.52. The van der Waals surface area contributed by atoms with Gasteiger partial charge in [0.25, 0.3) is 5.91 Å². The molecule has 1 aromatic rings. The summed E-state index contributed by atoms with van der Waals surface area (Å²) < 4.78 is 0. The van der Waals surface area contributed by atoms with E-state index in [-0.39, 0.29) is 11.7 Å². The molecule has 1 aliphatic heterocycles. The Morgan fingerprint density at radius 2 is 1.59 bits per heavy atom. The summed E-state index contributed by atoms with van der Waals surface area (Å²) in [6.45, 7) is 3.55. The Labute approximate surface area is 101 Å². The number of Topliss-reactive ketones (excluding diaryl/α,β-unsaturated/α-hetero) is 1. The van der Waals surface area contributed by atoms with Crippen molar-refractivity contribution in [3.63, 3.8) is 0 Å². The van der Waals surface area contributed by atoms with Crippen molar-refractivity contribution in [2.45, 2.75) is 26.2 Å². The topological polar surface area (TPSA) is 37.4 Å². The molecule has 3 nitrogen and oxygen atoms in total. The summed E-state index contributed by atoms with van der Waals surface area (Å²) >= 11 is 0. The molecule has 0 unspecified atom stereocenters. The van der Waals surface area contributed by atoms with Crippen LogP contribution in [0.2, 0.25) is 0 Å². The smallest absolute Gasteiger partial charge is 0.253 e. The van der Waals surface area contributed by atoms with E-state index in [2.05, 4.69) is 0 Å². The van der Waals surface area contributed by atoms with Crippen LogP contribution in [0.25, 0.3) is 0 Å². The van der Waals surface area contributed by atoms with Crippen LogP contribution in [0.3, 0.4) is 0 Å². The predicted molar refractivity (Wildman–Crippen MR) is 66.2 cm³/mol. The molecule has 0 bridgehead atoms. The van der Waals surface area contributed by atoms with Gasteiger partial charge in [-0.1, -0.05) is 19.1 Å². The second-order valence-corrected chi connectivity index (χ2v) is 4.35. The molecule has 0 radical (unpaired) electrons. The van der Waals surface area contributed by atoms with Gasteiger partial charge in [-0.15, -0.1) is 0 Å². The number of hydrogen-bond donors (Lipinski definition) is 0. The number of hydrogen-bond acceptors (Lipinski definition) is 2. The second kappa shape index (κ2) is 5.13. The van der Waals surface area contributed by atoms with Gasteiger partial charge < -0.3 is 4.90 Å². The molecule has 0 N–H and O–H groups in total. The minimum absolute atomic E-state index is 0.0815. The maximum atomic E-state index is 12.0. The molecule has 1 aromatic carbocycles. The van der Waals surface area contributed by atoms with Gasteiger partial charge in [0.1, 0.15) is 0 Å². The van der Waals surface area contributed by atoms with Gasteiger partial charge in [0.05, 0.1) is 0 Å². The molecule has 1 fully saturated rings. The summed E-state index contributed by atoms with van der Waals surface area (Å²) in [5.74, 6) is 0.197. The molecule has 0 aromatic heterocycles.